The lowest BCUT2D eigenvalue weighted by Gasteiger charge is -2.26. The van der Waals surface area contributed by atoms with Gasteiger partial charge < -0.3 is 5.32 Å². The van der Waals surface area contributed by atoms with Crippen molar-refractivity contribution in [1.29, 1.82) is 0 Å². The molecule has 2 saturated carbocycles. The Labute approximate surface area is 68.6 Å². The lowest BCUT2D eigenvalue weighted by molar-refractivity contribution is 0.264. The Morgan fingerprint density at radius 2 is 1.55 bits per heavy atom. The Morgan fingerprint density at radius 1 is 0.727 bits per heavy atom. The summed E-state index contributed by atoms with van der Waals surface area (Å²) in [6, 6.07) is 0. The summed E-state index contributed by atoms with van der Waals surface area (Å²) < 4.78 is 0. The fraction of sp³-hybridized carbons (Fsp3) is 1.00. The van der Waals surface area contributed by atoms with Crippen LogP contribution in [0.2, 0.25) is 0 Å². The first-order chi connectivity index (χ1) is 5.42. The number of fused-ring (bicyclic) bond motifs is 2. The quantitative estimate of drug-likeness (QED) is 0.555. The van der Waals surface area contributed by atoms with Crippen molar-refractivity contribution in [1.82, 2.24) is 5.32 Å². The summed E-state index contributed by atoms with van der Waals surface area (Å²) in [6.07, 6.45) is 6.21. The maximum Gasteiger partial charge on any atom is -0.00176 e. The molecule has 0 aromatic heterocycles. The number of hydrogen-bond donors (Lipinski definition) is 1. The molecule has 3 aliphatic rings. The van der Waals surface area contributed by atoms with Crippen LogP contribution in [0.4, 0.5) is 0 Å². The first-order valence-corrected chi connectivity index (χ1v) is 5.12. The summed E-state index contributed by atoms with van der Waals surface area (Å²) in [4.78, 5) is 0. The molecule has 4 atom stereocenters. The number of nitrogens with one attached hydrogen (secondary N) is 1. The van der Waals surface area contributed by atoms with Gasteiger partial charge in [-0.05, 0) is 62.4 Å². The Morgan fingerprint density at radius 3 is 2.55 bits per heavy atom. The summed E-state index contributed by atoms with van der Waals surface area (Å²) in [5, 5.41) is 3.61. The van der Waals surface area contributed by atoms with Gasteiger partial charge in [0.05, 0.1) is 0 Å². The van der Waals surface area contributed by atoms with Crippen molar-refractivity contribution in [3.05, 3.63) is 0 Å². The molecular formula is C10H17N. The molecule has 11 heavy (non-hydrogen) atoms. The minimum Gasteiger partial charge on any atom is -0.316 e. The monoisotopic (exact) mass is 151 g/mol. The van der Waals surface area contributed by atoms with E-state index >= 15 is 0 Å². The molecule has 1 aliphatic heterocycles. The molecule has 3 bridgehead atoms. The molecule has 0 aromatic rings. The summed E-state index contributed by atoms with van der Waals surface area (Å²) in [7, 11) is 0. The summed E-state index contributed by atoms with van der Waals surface area (Å²) in [5.74, 6) is 4.36. The molecule has 0 spiro atoms. The minimum absolute atomic E-state index is 1.05. The van der Waals surface area contributed by atoms with Crippen LogP contribution in [0.15, 0.2) is 0 Å². The standard InChI is InChI=1S/C10H17N/c1-7-2-9-4-8(1)5-11-6-10(9)3-7/h7-11H,1-6H2. The lowest BCUT2D eigenvalue weighted by Crippen LogP contribution is -2.27. The fourth-order valence-corrected chi connectivity index (χ4v) is 3.70. The molecule has 0 aromatic carbocycles. The van der Waals surface area contributed by atoms with Gasteiger partial charge in [0.15, 0.2) is 0 Å². The first kappa shape index (κ1) is 6.47. The zero-order valence-electron chi connectivity index (χ0n) is 7.05. The molecule has 1 N–H and O–H groups in total. The van der Waals surface area contributed by atoms with Crippen molar-refractivity contribution in [3.63, 3.8) is 0 Å². The molecule has 3 fully saturated rings. The largest absolute Gasteiger partial charge is 0.316 e. The van der Waals surface area contributed by atoms with Crippen LogP contribution in [0, 0.1) is 23.7 Å². The predicted molar refractivity (Wildman–Crippen MR) is 45.3 cm³/mol. The van der Waals surface area contributed by atoms with Gasteiger partial charge >= 0.3 is 0 Å². The van der Waals surface area contributed by atoms with Gasteiger partial charge in [0.2, 0.25) is 0 Å². The molecule has 0 radical (unpaired) electrons. The van der Waals surface area contributed by atoms with Crippen molar-refractivity contribution in [2.45, 2.75) is 25.7 Å². The second-order valence-electron chi connectivity index (χ2n) is 4.85. The van der Waals surface area contributed by atoms with Crippen LogP contribution < -0.4 is 5.32 Å². The van der Waals surface area contributed by atoms with Crippen LogP contribution in [0.5, 0.6) is 0 Å². The van der Waals surface area contributed by atoms with Gasteiger partial charge in [-0.3, -0.25) is 0 Å². The predicted octanol–water partition coefficient (Wildman–Crippen LogP) is 1.64. The van der Waals surface area contributed by atoms with E-state index in [0.717, 1.165) is 23.7 Å². The minimum atomic E-state index is 1.05. The van der Waals surface area contributed by atoms with Crippen molar-refractivity contribution >= 4 is 0 Å². The van der Waals surface area contributed by atoms with Gasteiger partial charge in [0.1, 0.15) is 0 Å². The smallest absolute Gasteiger partial charge is 0.00176 e. The molecule has 1 nitrogen and oxygen atoms in total. The Hall–Kier alpha value is -0.0400. The zero-order valence-corrected chi connectivity index (χ0v) is 7.05. The van der Waals surface area contributed by atoms with Crippen LogP contribution in [0.1, 0.15) is 25.7 Å². The Bertz CT molecular complexity index is 164. The van der Waals surface area contributed by atoms with Gasteiger partial charge in [-0.1, -0.05) is 0 Å². The zero-order chi connectivity index (χ0) is 7.26. The van der Waals surface area contributed by atoms with E-state index in [-0.39, 0.29) is 0 Å². The summed E-state index contributed by atoms with van der Waals surface area (Å²) in [5.41, 5.74) is 0. The topological polar surface area (TPSA) is 12.0 Å². The van der Waals surface area contributed by atoms with E-state index in [1.807, 2.05) is 0 Å². The molecule has 1 saturated heterocycles. The molecule has 3 rings (SSSR count). The highest BCUT2D eigenvalue weighted by Gasteiger charge is 2.41. The Kier molecular flexibility index (Phi) is 1.31. The van der Waals surface area contributed by atoms with Crippen molar-refractivity contribution < 1.29 is 0 Å². The highest BCUT2D eigenvalue weighted by Crippen LogP contribution is 2.48. The summed E-state index contributed by atoms with van der Waals surface area (Å²) in [6.45, 7) is 2.65. The van der Waals surface area contributed by atoms with E-state index in [4.69, 9.17) is 0 Å². The molecule has 4 unspecified atom stereocenters. The molecule has 62 valence electrons. The third-order valence-electron chi connectivity index (χ3n) is 4.08. The Balaban J connectivity index is 1.89. The second-order valence-corrected chi connectivity index (χ2v) is 4.85. The van der Waals surface area contributed by atoms with Gasteiger partial charge in [-0.25, -0.2) is 0 Å². The van der Waals surface area contributed by atoms with Crippen LogP contribution in [0.25, 0.3) is 0 Å². The van der Waals surface area contributed by atoms with E-state index in [1.54, 1.807) is 25.7 Å². The lowest BCUT2D eigenvalue weighted by atomic mass is 9.81. The third kappa shape index (κ3) is 0.936. The molecule has 1 heterocycles. The van der Waals surface area contributed by atoms with Gasteiger partial charge in [0, 0.05) is 0 Å². The van der Waals surface area contributed by atoms with Crippen molar-refractivity contribution in [3.8, 4) is 0 Å². The third-order valence-corrected chi connectivity index (χ3v) is 4.08. The van der Waals surface area contributed by atoms with E-state index < -0.39 is 0 Å². The maximum absolute atomic E-state index is 3.61. The number of rotatable bonds is 0. The van der Waals surface area contributed by atoms with E-state index in [9.17, 15) is 0 Å². The second kappa shape index (κ2) is 2.22. The maximum atomic E-state index is 3.61. The summed E-state index contributed by atoms with van der Waals surface area (Å²) >= 11 is 0. The van der Waals surface area contributed by atoms with Gasteiger partial charge in [-0.2, -0.15) is 0 Å². The van der Waals surface area contributed by atoms with Crippen LogP contribution in [-0.4, -0.2) is 13.1 Å². The first-order valence-electron chi connectivity index (χ1n) is 5.12. The fourth-order valence-electron chi connectivity index (χ4n) is 3.70. The van der Waals surface area contributed by atoms with Crippen LogP contribution >= 0.6 is 0 Å². The molecule has 0 amide bonds. The van der Waals surface area contributed by atoms with Gasteiger partial charge in [-0.15, -0.1) is 0 Å². The molecule has 2 aliphatic carbocycles. The van der Waals surface area contributed by atoms with Crippen LogP contribution in [-0.2, 0) is 0 Å². The SMILES string of the molecule is C1NCC2CC3CC1CC2C3. The normalized spacial score (nSPS) is 54.5. The van der Waals surface area contributed by atoms with E-state index in [2.05, 4.69) is 5.32 Å². The average Bonchev–Trinajstić information content (AvgIpc) is 2.17. The highest BCUT2D eigenvalue weighted by molar-refractivity contribution is 4.94. The molecule has 1 heteroatoms. The number of hydrogen-bond acceptors (Lipinski definition) is 1. The van der Waals surface area contributed by atoms with Gasteiger partial charge in [0.25, 0.3) is 0 Å². The average molecular weight is 151 g/mol. The van der Waals surface area contributed by atoms with Crippen LogP contribution in [0.3, 0.4) is 0 Å². The molecular weight excluding hydrogens is 134 g/mol. The van der Waals surface area contributed by atoms with E-state index in [0.29, 0.717) is 0 Å². The highest BCUT2D eigenvalue weighted by atomic mass is 14.9. The van der Waals surface area contributed by atoms with E-state index in [1.165, 1.54) is 13.1 Å². The van der Waals surface area contributed by atoms with Crippen molar-refractivity contribution in [2.75, 3.05) is 13.1 Å². The van der Waals surface area contributed by atoms with Crippen molar-refractivity contribution in [2.24, 2.45) is 23.7 Å².